The first kappa shape index (κ1) is 16.5. The van der Waals surface area contributed by atoms with Gasteiger partial charge in [-0.25, -0.2) is 4.79 Å². The third kappa shape index (κ3) is 3.45. The normalized spacial score (nSPS) is 10.6. The third-order valence-electron chi connectivity index (χ3n) is 3.53. The monoisotopic (exact) mass is 340 g/mol. The summed E-state index contributed by atoms with van der Waals surface area (Å²) in [5, 5.41) is 10.5. The van der Waals surface area contributed by atoms with Gasteiger partial charge in [-0.2, -0.15) is 4.98 Å². The highest BCUT2D eigenvalue weighted by Crippen LogP contribution is 2.26. The zero-order chi connectivity index (χ0) is 17.8. The average Bonchev–Trinajstić information content (AvgIpc) is 2.61. The van der Waals surface area contributed by atoms with Crippen LogP contribution in [0.25, 0.3) is 11.0 Å². The van der Waals surface area contributed by atoms with Crippen LogP contribution in [0.2, 0.25) is 0 Å². The van der Waals surface area contributed by atoms with Gasteiger partial charge in [-0.05, 0) is 18.6 Å². The fourth-order valence-electron chi connectivity index (χ4n) is 2.34. The molecule has 0 atom stereocenters. The number of aromatic amines is 1. The highest BCUT2D eigenvalue weighted by molar-refractivity contribution is 5.98. The summed E-state index contributed by atoms with van der Waals surface area (Å²) in [5.41, 5.74) is -0.107. The van der Waals surface area contributed by atoms with Gasteiger partial charge < -0.3 is 19.6 Å². The number of nitrogens with zero attached hydrogens (tertiary/aromatic N) is 1. The van der Waals surface area contributed by atoms with E-state index in [1.54, 1.807) is 13.0 Å². The van der Waals surface area contributed by atoms with Gasteiger partial charge in [-0.3, -0.25) is 4.79 Å². The first-order valence-electron chi connectivity index (χ1n) is 7.70. The molecule has 0 saturated heterocycles. The Balaban J connectivity index is 1.92. The maximum absolute atomic E-state index is 12.1. The number of hydrogen-bond donors (Lipinski definition) is 2. The van der Waals surface area contributed by atoms with Crippen LogP contribution in [0.3, 0.4) is 0 Å². The molecule has 0 spiro atoms. The molecule has 2 aromatic heterocycles. The number of hydrogen-bond acceptors (Lipinski definition) is 6. The lowest BCUT2D eigenvalue weighted by Crippen LogP contribution is -2.20. The maximum Gasteiger partial charge on any atom is 0.347 e. The average molecular weight is 340 g/mol. The zero-order valence-electron chi connectivity index (χ0n) is 13.5. The number of aromatic hydroxyl groups is 1. The second kappa shape index (κ2) is 7.04. The van der Waals surface area contributed by atoms with Crippen molar-refractivity contribution in [3.05, 3.63) is 63.9 Å². The number of esters is 1. The van der Waals surface area contributed by atoms with Gasteiger partial charge in [0.2, 0.25) is 5.88 Å². The van der Waals surface area contributed by atoms with Gasteiger partial charge in [0, 0.05) is 6.07 Å². The number of fused-ring (bicyclic) bond motifs is 1. The minimum Gasteiger partial charge on any atom is -0.506 e. The van der Waals surface area contributed by atoms with E-state index in [2.05, 4.69) is 9.97 Å². The fourth-order valence-corrected chi connectivity index (χ4v) is 2.34. The molecular formula is C18H16N2O5. The van der Waals surface area contributed by atoms with Crippen LogP contribution in [-0.4, -0.2) is 27.7 Å². The van der Waals surface area contributed by atoms with Gasteiger partial charge in [-0.15, -0.1) is 0 Å². The van der Waals surface area contributed by atoms with Crippen LogP contribution in [0.5, 0.6) is 11.6 Å². The minimum atomic E-state index is -0.882. The number of nitrogens with one attached hydrogen (secondary N) is 1. The highest BCUT2D eigenvalue weighted by Gasteiger charge is 2.21. The molecule has 0 saturated carbocycles. The molecule has 3 aromatic rings. The minimum absolute atomic E-state index is 0.0975. The molecule has 0 amide bonds. The largest absolute Gasteiger partial charge is 0.506 e. The molecule has 7 heteroatoms. The van der Waals surface area contributed by atoms with Crippen LogP contribution in [0.15, 0.2) is 47.3 Å². The van der Waals surface area contributed by atoms with E-state index in [1.165, 1.54) is 6.07 Å². The van der Waals surface area contributed by atoms with Gasteiger partial charge in [0.25, 0.3) is 5.56 Å². The molecule has 0 bridgehead atoms. The van der Waals surface area contributed by atoms with Crippen molar-refractivity contribution in [1.82, 2.24) is 9.97 Å². The van der Waals surface area contributed by atoms with Crippen LogP contribution in [0, 0.1) is 0 Å². The third-order valence-corrected chi connectivity index (χ3v) is 3.53. The Morgan fingerprint density at radius 2 is 1.96 bits per heavy atom. The van der Waals surface area contributed by atoms with E-state index in [9.17, 15) is 14.7 Å². The Labute approximate surface area is 142 Å². The van der Waals surface area contributed by atoms with E-state index in [0.29, 0.717) is 6.61 Å². The number of aromatic nitrogens is 2. The fraction of sp³-hybridized carbons (Fsp3) is 0.167. The number of carbonyl (C=O) groups excluding carboxylic acids is 1. The molecule has 0 radical (unpaired) electrons. The molecule has 2 N–H and O–H groups in total. The van der Waals surface area contributed by atoms with Crippen molar-refractivity contribution in [2.24, 2.45) is 0 Å². The highest BCUT2D eigenvalue weighted by atomic mass is 16.5. The van der Waals surface area contributed by atoms with Crippen LogP contribution in [-0.2, 0) is 11.3 Å². The van der Waals surface area contributed by atoms with Gasteiger partial charge in [0.15, 0.2) is 5.56 Å². The van der Waals surface area contributed by atoms with Gasteiger partial charge in [0.05, 0.1) is 12.0 Å². The number of pyridine rings is 2. The summed E-state index contributed by atoms with van der Waals surface area (Å²) >= 11 is 0. The van der Waals surface area contributed by atoms with E-state index >= 15 is 0 Å². The second-order valence-electron chi connectivity index (χ2n) is 5.22. The Morgan fingerprint density at radius 3 is 2.68 bits per heavy atom. The van der Waals surface area contributed by atoms with Gasteiger partial charge >= 0.3 is 5.97 Å². The van der Waals surface area contributed by atoms with Crippen LogP contribution < -0.4 is 10.3 Å². The second-order valence-corrected chi connectivity index (χ2v) is 5.22. The lowest BCUT2D eigenvalue weighted by Gasteiger charge is -2.09. The molecule has 1 aromatic carbocycles. The van der Waals surface area contributed by atoms with E-state index in [0.717, 1.165) is 5.56 Å². The summed E-state index contributed by atoms with van der Waals surface area (Å²) in [7, 11) is 0. The first-order valence-corrected chi connectivity index (χ1v) is 7.70. The molecule has 25 heavy (non-hydrogen) atoms. The Morgan fingerprint density at radius 1 is 1.20 bits per heavy atom. The zero-order valence-corrected chi connectivity index (χ0v) is 13.5. The summed E-state index contributed by atoms with van der Waals surface area (Å²) < 4.78 is 10.4. The summed E-state index contributed by atoms with van der Waals surface area (Å²) in [6.45, 7) is 2.03. The SMILES string of the molecule is CCOC(=O)c1c(O)c2ccc(OCc3ccccc3)nc2[nH]c1=O. The summed E-state index contributed by atoms with van der Waals surface area (Å²) in [6.07, 6.45) is 0. The van der Waals surface area contributed by atoms with Crippen LogP contribution in [0.4, 0.5) is 0 Å². The van der Waals surface area contributed by atoms with Gasteiger partial charge in [-0.1, -0.05) is 30.3 Å². The van der Waals surface area contributed by atoms with Gasteiger partial charge in [0.1, 0.15) is 18.0 Å². The molecule has 128 valence electrons. The Kier molecular flexibility index (Phi) is 4.65. The number of H-pyrrole nitrogens is 1. The summed E-state index contributed by atoms with van der Waals surface area (Å²) in [6, 6.07) is 12.6. The van der Waals surface area contributed by atoms with Crippen molar-refractivity contribution in [1.29, 1.82) is 0 Å². The van der Waals surface area contributed by atoms with E-state index < -0.39 is 22.8 Å². The van der Waals surface area contributed by atoms with E-state index in [4.69, 9.17) is 9.47 Å². The van der Waals surface area contributed by atoms with Crippen LogP contribution >= 0.6 is 0 Å². The Bertz CT molecular complexity index is 966. The predicted octanol–water partition coefficient (Wildman–Crippen LogP) is 2.38. The van der Waals surface area contributed by atoms with Crippen molar-refractivity contribution in [3.8, 4) is 11.6 Å². The maximum atomic E-state index is 12.1. The molecule has 0 unspecified atom stereocenters. The van der Waals surface area contributed by atoms with Crippen molar-refractivity contribution in [2.75, 3.05) is 6.61 Å². The van der Waals surface area contributed by atoms with Crippen molar-refractivity contribution < 1.29 is 19.4 Å². The molecule has 2 heterocycles. The molecular weight excluding hydrogens is 324 g/mol. The number of ether oxygens (including phenoxy) is 2. The molecule has 3 rings (SSSR count). The quantitative estimate of drug-likeness (QED) is 0.692. The number of benzene rings is 1. The number of carbonyl (C=O) groups is 1. The molecule has 0 fully saturated rings. The summed E-state index contributed by atoms with van der Waals surface area (Å²) in [4.78, 5) is 30.5. The molecule has 0 aliphatic heterocycles. The smallest absolute Gasteiger partial charge is 0.347 e. The Hall–Kier alpha value is -3.35. The van der Waals surface area contributed by atoms with E-state index in [1.807, 2.05) is 30.3 Å². The van der Waals surface area contributed by atoms with Crippen molar-refractivity contribution in [3.63, 3.8) is 0 Å². The molecule has 0 aliphatic carbocycles. The lowest BCUT2D eigenvalue weighted by atomic mass is 10.2. The van der Waals surface area contributed by atoms with E-state index in [-0.39, 0.29) is 23.5 Å². The van der Waals surface area contributed by atoms with Crippen molar-refractivity contribution >= 4 is 17.0 Å². The molecule has 7 nitrogen and oxygen atoms in total. The lowest BCUT2D eigenvalue weighted by molar-refractivity contribution is 0.0521. The summed E-state index contributed by atoms with van der Waals surface area (Å²) in [5.74, 6) is -1.05. The molecule has 0 aliphatic rings. The van der Waals surface area contributed by atoms with Crippen molar-refractivity contribution in [2.45, 2.75) is 13.5 Å². The van der Waals surface area contributed by atoms with Crippen LogP contribution in [0.1, 0.15) is 22.8 Å². The standard InChI is InChI=1S/C18H16N2O5/c1-2-24-18(23)14-15(21)12-8-9-13(19-16(12)20-17(14)22)25-10-11-6-4-3-5-7-11/h3-9H,2,10H2,1H3,(H2,19,20,21,22). The predicted molar refractivity (Wildman–Crippen MR) is 90.8 cm³/mol. The number of rotatable bonds is 5. The topological polar surface area (TPSA) is 102 Å². The first-order chi connectivity index (χ1) is 12.1.